The lowest BCUT2D eigenvalue weighted by Gasteiger charge is -1.95. The maximum Gasteiger partial charge on any atom is 0.290 e. The van der Waals surface area contributed by atoms with Crippen LogP contribution in [0.1, 0.15) is 17.5 Å². The van der Waals surface area contributed by atoms with Crippen LogP contribution in [0.2, 0.25) is 5.02 Å². The predicted octanol–water partition coefficient (Wildman–Crippen LogP) is 1.78. The number of H-pyrrole nitrogens is 1. The molecule has 3 rings (SSSR count). The number of hydrogen-bond donors (Lipinski definition) is 5. The lowest BCUT2D eigenvalue weighted by Crippen LogP contribution is -2.11. The molecular weight excluding hydrogens is 370 g/mol. The molecule has 0 amide bonds. The monoisotopic (exact) mass is 397 g/mol. The molecule has 1 atom stereocenters. The van der Waals surface area contributed by atoms with Crippen LogP contribution in [-0.2, 0) is 11.3 Å². The van der Waals surface area contributed by atoms with E-state index in [9.17, 15) is 4.79 Å². The van der Waals surface area contributed by atoms with E-state index < -0.39 is 0 Å². The maximum atomic E-state index is 10.7. The molecule has 1 fully saturated rings. The van der Waals surface area contributed by atoms with Gasteiger partial charge < -0.3 is 25.8 Å². The second-order valence-corrected chi connectivity index (χ2v) is 6.08. The number of β-amino-alcohol motifs (C(OH)–C–C–N with tert-alkyl or cyclic N) is 1. The number of carboxylic acid groups (broad SMARTS) is 1. The summed E-state index contributed by atoms with van der Waals surface area (Å²) in [6.45, 7) is 4.31. The summed E-state index contributed by atoms with van der Waals surface area (Å²) in [7, 11) is 1.85. The second-order valence-electron chi connectivity index (χ2n) is 5.64. The summed E-state index contributed by atoms with van der Waals surface area (Å²) in [4.78, 5) is 21.6. The lowest BCUT2D eigenvalue weighted by molar-refractivity contribution is -0.122. The molecule has 1 aromatic heterocycles. The largest absolute Gasteiger partial charge is 0.483 e. The van der Waals surface area contributed by atoms with Gasteiger partial charge >= 0.3 is 0 Å². The van der Waals surface area contributed by atoms with Gasteiger partial charge in [0, 0.05) is 30.4 Å². The van der Waals surface area contributed by atoms with Crippen molar-refractivity contribution in [1.29, 1.82) is 0 Å². The zero-order valence-corrected chi connectivity index (χ0v) is 16.4. The minimum atomic E-state index is -0.250. The van der Waals surface area contributed by atoms with E-state index in [-0.39, 0.29) is 18.1 Å². The number of carbonyl (C=O) groups is 1. The van der Waals surface area contributed by atoms with Gasteiger partial charge in [-0.1, -0.05) is 29.3 Å². The fraction of sp³-hybridized carbons (Fsp3) is 0.368. The summed E-state index contributed by atoms with van der Waals surface area (Å²) < 4.78 is 0. The quantitative estimate of drug-likeness (QED) is 0.493. The first-order valence-electron chi connectivity index (χ1n) is 8.44. The number of aliphatic hydroxyl groups is 1. The summed E-state index contributed by atoms with van der Waals surface area (Å²) in [5.74, 6) is 0. The highest BCUT2D eigenvalue weighted by atomic mass is 35.5. The Balaban J connectivity index is 0.000000358. The molecule has 0 aliphatic carbocycles. The van der Waals surface area contributed by atoms with Gasteiger partial charge in [-0.25, -0.2) is 0 Å². The van der Waals surface area contributed by atoms with Crippen LogP contribution in [0.3, 0.4) is 0 Å². The number of halogens is 1. The van der Waals surface area contributed by atoms with Crippen molar-refractivity contribution in [1.82, 2.24) is 15.6 Å². The van der Waals surface area contributed by atoms with E-state index >= 15 is 0 Å². The average molecular weight is 398 g/mol. The summed E-state index contributed by atoms with van der Waals surface area (Å²) in [6, 6.07) is 11.2. The highest BCUT2D eigenvalue weighted by Crippen LogP contribution is 2.07. The van der Waals surface area contributed by atoms with Crippen LogP contribution in [0.15, 0.2) is 47.4 Å². The Labute approximate surface area is 164 Å². The Morgan fingerprint density at radius 1 is 1.30 bits per heavy atom. The van der Waals surface area contributed by atoms with Gasteiger partial charge in [-0.05, 0) is 50.7 Å². The van der Waals surface area contributed by atoms with Crippen LogP contribution < -0.4 is 16.2 Å². The lowest BCUT2D eigenvalue weighted by atomic mass is 10.2. The summed E-state index contributed by atoms with van der Waals surface area (Å²) >= 11 is 5.61. The number of benzene rings is 1. The van der Waals surface area contributed by atoms with Gasteiger partial charge in [-0.15, -0.1) is 0 Å². The maximum absolute atomic E-state index is 10.7. The van der Waals surface area contributed by atoms with E-state index in [2.05, 4.69) is 15.6 Å². The van der Waals surface area contributed by atoms with Gasteiger partial charge in [0.15, 0.2) is 0 Å². The third-order valence-corrected chi connectivity index (χ3v) is 3.52. The Hall–Kier alpha value is -2.19. The van der Waals surface area contributed by atoms with Crippen LogP contribution in [0.5, 0.6) is 0 Å². The molecular formula is C19H28ClN3O4. The molecule has 1 aromatic carbocycles. The first kappa shape index (κ1) is 24.8. The predicted molar refractivity (Wildman–Crippen MR) is 108 cm³/mol. The van der Waals surface area contributed by atoms with Crippen molar-refractivity contribution >= 4 is 18.1 Å². The number of aliphatic hydroxyl groups excluding tert-OH is 1. The number of aromatic nitrogens is 1. The molecule has 150 valence electrons. The topological polar surface area (TPSA) is 114 Å². The summed E-state index contributed by atoms with van der Waals surface area (Å²) in [5.41, 5.74) is 2.20. The van der Waals surface area contributed by atoms with E-state index in [1.54, 1.807) is 12.3 Å². The van der Waals surface area contributed by atoms with Crippen LogP contribution >= 0.6 is 11.6 Å². The molecule has 0 bridgehead atoms. The molecule has 0 radical (unpaired) electrons. The molecule has 5 N–H and O–H groups in total. The van der Waals surface area contributed by atoms with Crippen molar-refractivity contribution in [2.75, 3.05) is 20.1 Å². The molecule has 7 nitrogen and oxygen atoms in total. The van der Waals surface area contributed by atoms with E-state index in [4.69, 9.17) is 26.6 Å². The van der Waals surface area contributed by atoms with Crippen LogP contribution in [0.4, 0.5) is 0 Å². The van der Waals surface area contributed by atoms with Crippen molar-refractivity contribution in [2.45, 2.75) is 26.0 Å². The normalized spacial score (nSPS) is 14.4. The summed E-state index contributed by atoms with van der Waals surface area (Å²) in [6.07, 6.45) is 2.51. The van der Waals surface area contributed by atoms with Gasteiger partial charge in [0.2, 0.25) is 5.56 Å². The zero-order valence-electron chi connectivity index (χ0n) is 15.6. The number of pyridine rings is 1. The number of aromatic amines is 1. The van der Waals surface area contributed by atoms with Gasteiger partial charge in [-0.3, -0.25) is 9.59 Å². The molecule has 1 aliphatic heterocycles. The molecule has 8 heteroatoms. The highest BCUT2D eigenvalue weighted by molar-refractivity contribution is 6.30. The van der Waals surface area contributed by atoms with Crippen molar-refractivity contribution in [3.8, 4) is 0 Å². The first-order chi connectivity index (χ1) is 12.9. The molecule has 0 saturated carbocycles. The molecule has 2 aromatic rings. The van der Waals surface area contributed by atoms with Gasteiger partial charge in [0.1, 0.15) is 0 Å². The van der Waals surface area contributed by atoms with Crippen molar-refractivity contribution in [3.05, 3.63) is 69.1 Å². The Bertz CT molecular complexity index is 650. The Morgan fingerprint density at radius 3 is 2.30 bits per heavy atom. The van der Waals surface area contributed by atoms with Gasteiger partial charge in [0.25, 0.3) is 6.47 Å². The number of nitrogens with one attached hydrogen (secondary N) is 3. The van der Waals surface area contributed by atoms with Gasteiger partial charge in [-0.2, -0.15) is 0 Å². The molecule has 27 heavy (non-hydrogen) atoms. The Kier molecular flexibility index (Phi) is 14.7. The highest BCUT2D eigenvalue weighted by Gasteiger charge is 2.08. The van der Waals surface area contributed by atoms with E-state index in [1.165, 1.54) is 5.56 Å². The Morgan fingerprint density at radius 2 is 1.93 bits per heavy atom. The van der Waals surface area contributed by atoms with Crippen LogP contribution in [-0.4, -0.2) is 47.9 Å². The van der Waals surface area contributed by atoms with Crippen molar-refractivity contribution in [2.24, 2.45) is 0 Å². The zero-order chi connectivity index (χ0) is 20.5. The third kappa shape index (κ3) is 14.6. The fourth-order valence-electron chi connectivity index (χ4n) is 1.98. The molecule has 0 spiro atoms. The third-order valence-electron chi connectivity index (χ3n) is 3.27. The summed E-state index contributed by atoms with van der Waals surface area (Å²) in [5, 5.41) is 22.3. The first-order valence-corrected chi connectivity index (χ1v) is 8.81. The van der Waals surface area contributed by atoms with Crippen LogP contribution in [0.25, 0.3) is 0 Å². The fourth-order valence-corrected chi connectivity index (χ4v) is 2.10. The minimum Gasteiger partial charge on any atom is -0.483 e. The van der Waals surface area contributed by atoms with Crippen molar-refractivity contribution in [3.63, 3.8) is 0 Å². The molecule has 1 aliphatic rings. The van der Waals surface area contributed by atoms with E-state index in [1.807, 2.05) is 44.3 Å². The standard InChI is InChI=1S/C7H7Cl.C7H10N2O.C4H9NO.CH2O2/c1-6-2-4-7(8)5-3-6;1-8-5-6-2-3-9-7(10)4-6;6-4-1-2-5-3-4;2-1-3/h2-5H,1H3;2-4,8H,5H2,1H3,(H,9,10);4-6H,1-3H2;1H,(H,2,3). The van der Waals surface area contributed by atoms with Crippen molar-refractivity contribution < 1.29 is 15.0 Å². The number of hydrogen-bond acceptors (Lipinski definition) is 5. The second kappa shape index (κ2) is 16.0. The molecule has 2 heterocycles. The van der Waals surface area contributed by atoms with E-state index in [0.717, 1.165) is 36.6 Å². The number of rotatable bonds is 2. The molecule has 1 saturated heterocycles. The van der Waals surface area contributed by atoms with Gasteiger partial charge in [0.05, 0.1) is 6.10 Å². The van der Waals surface area contributed by atoms with E-state index in [0.29, 0.717) is 0 Å². The average Bonchev–Trinajstić information content (AvgIpc) is 3.11. The smallest absolute Gasteiger partial charge is 0.290 e. The minimum absolute atomic E-state index is 0.0484. The van der Waals surface area contributed by atoms with Crippen LogP contribution in [0, 0.1) is 6.92 Å². The SMILES string of the molecule is CNCc1cc[nH]c(=O)c1.Cc1ccc(Cl)cc1.O=CO.OC1CCNC1. The number of aryl methyl sites for hydroxylation is 1. The molecule has 1 unspecified atom stereocenters.